The largest absolute Gasteiger partial charge is 0.354 e. The molecular formula is C28H19N. The summed E-state index contributed by atoms with van der Waals surface area (Å²) in [5.74, 6) is 0. The van der Waals surface area contributed by atoms with Crippen molar-refractivity contribution in [3.63, 3.8) is 0 Å². The second kappa shape index (κ2) is 6.35. The number of hydrogen-bond acceptors (Lipinski definition) is 0. The molecule has 0 aliphatic carbocycles. The van der Waals surface area contributed by atoms with Gasteiger partial charge in [0.15, 0.2) is 0 Å². The van der Waals surface area contributed by atoms with Gasteiger partial charge < -0.3 is 4.98 Å². The molecule has 0 unspecified atom stereocenters. The first kappa shape index (κ1) is 16.1. The molecule has 1 heterocycles. The van der Waals surface area contributed by atoms with Crippen LogP contribution in [0.15, 0.2) is 109 Å². The van der Waals surface area contributed by atoms with Crippen LogP contribution in [-0.4, -0.2) is 4.98 Å². The number of nitrogens with one attached hydrogen (secondary N) is 1. The summed E-state index contributed by atoms with van der Waals surface area (Å²) in [4.78, 5) is 3.72. The number of benzene rings is 5. The summed E-state index contributed by atoms with van der Waals surface area (Å²) in [5.41, 5.74) is 7.39. The fraction of sp³-hybridized carbons (Fsp3) is 0. The van der Waals surface area contributed by atoms with Gasteiger partial charge in [-0.15, -0.1) is 0 Å². The Morgan fingerprint density at radius 1 is 0.448 bits per heavy atom. The van der Waals surface area contributed by atoms with E-state index in [4.69, 9.17) is 0 Å². The normalized spacial score (nSPS) is 11.4. The molecule has 0 fully saturated rings. The van der Waals surface area contributed by atoms with Gasteiger partial charge in [-0.25, -0.2) is 0 Å². The Balaban J connectivity index is 1.76. The first-order chi connectivity index (χ1) is 14.4. The molecule has 0 radical (unpaired) electrons. The highest BCUT2D eigenvalue weighted by Gasteiger charge is 2.15. The van der Waals surface area contributed by atoms with Crippen LogP contribution in [0.4, 0.5) is 0 Å². The molecule has 5 aromatic carbocycles. The van der Waals surface area contributed by atoms with E-state index in [0.717, 1.165) is 0 Å². The van der Waals surface area contributed by atoms with Gasteiger partial charge in [0.25, 0.3) is 0 Å². The van der Waals surface area contributed by atoms with Crippen molar-refractivity contribution in [3.8, 4) is 22.3 Å². The average Bonchev–Trinajstić information content (AvgIpc) is 3.18. The quantitative estimate of drug-likeness (QED) is 0.320. The highest BCUT2D eigenvalue weighted by atomic mass is 14.7. The Bertz CT molecular complexity index is 1480. The number of fused-ring (bicyclic) bond motifs is 4. The fourth-order valence-corrected chi connectivity index (χ4v) is 4.50. The highest BCUT2D eigenvalue weighted by molar-refractivity contribution is 6.19. The summed E-state index contributed by atoms with van der Waals surface area (Å²) in [7, 11) is 0. The molecule has 0 bridgehead atoms. The van der Waals surface area contributed by atoms with Crippen LogP contribution in [0.3, 0.4) is 0 Å². The molecule has 0 saturated heterocycles. The lowest BCUT2D eigenvalue weighted by molar-refractivity contribution is 1.54. The van der Waals surface area contributed by atoms with Crippen LogP contribution in [0.1, 0.15) is 0 Å². The summed E-state index contributed by atoms with van der Waals surface area (Å²) in [5, 5.41) is 5.10. The molecular weight excluding hydrogens is 350 g/mol. The Morgan fingerprint density at radius 3 is 2.03 bits per heavy atom. The maximum atomic E-state index is 3.72. The van der Waals surface area contributed by atoms with E-state index >= 15 is 0 Å². The average molecular weight is 369 g/mol. The third-order valence-electron chi connectivity index (χ3n) is 5.83. The highest BCUT2D eigenvalue weighted by Crippen LogP contribution is 2.41. The monoisotopic (exact) mass is 369 g/mol. The van der Waals surface area contributed by atoms with Gasteiger partial charge in [-0.2, -0.15) is 0 Å². The van der Waals surface area contributed by atoms with Crippen molar-refractivity contribution >= 4 is 32.6 Å². The number of rotatable bonds is 2. The number of H-pyrrole nitrogens is 1. The van der Waals surface area contributed by atoms with Gasteiger partial charge in [-0.3, -0.25) is 0 Å². The van der Waals surface area contributed by atoms with Gasteiger partial charge in [0.2, 0.25) is 0 Å². The molecule has 0 atom stereocenters. The van der Waals surface area contributed by atoms with Crippen LogP contribution in [0, 0.1) is 0 Å². The van der Waals surface area contributed by atoms with E-state index in [1.807, 2.05) is 0 Å². The number of aromatic nitrogens is 1. The first-order valence-electron chi connectivity index (χ1n) is 9.97. The Labute approximate surface area is 169 Å². The lowest BCUT2D eigenvalue weighted by Gasteiger charge is -2.11. The van der Waals surface area contributed by atoms with E-state index in [0.29, 0.717) is 0 Å². The minimum absolute atomic E-state index is 1.17. The lowest BCUT2D eigenvalue weighted by atomic mass is 9.92. The Hall–Kier alpha value is -3.84. The standard InChI is InChI=1S/C28H19N/c1-2-9-20(10-3-1)22-17-18-24(23-15-8-12-19-11-4-5-13-21(19)23)28-27(22)25-14-6-7-16-26(25)29-28/h1-18,29H. The van der Waals surface area contributed by atoms with Gasteiger partial charge in [-0.05, 0) is 33.5 Å². The molecule has 0 aliphatic heterocycles. The van der Waals surface area contributed by atoms with E-state index in [1.165, 1.54) is 54.8 Å². The van der Waals surface area contributed by atoms with Crippen LogP contribution in [0.2, 0.25) is 0 Å². The molecule has 6 rings (SSSR count). The molecule has 1 heteroatoms. The van der Waals surface area contributed by atoms with Crippen molar-refractivity contribution in [2.45, 2.75) is 0 Å². The minimum atomic E-state index is 1.17. The maximum absolute atomic E-state index is 3.72. The molecule has 0 aliphatic rings. The van der Waals surface area contributed by atoms with Crippen molar-refractivity contribution in [3.05, 3.63) is 109 Å². The third-order valence-corrected chi connectivity index (χ3v) is 5.83. The second-order valence-corrected chi connectivity index (χ2v) is 7.47. The number of hydrogen-bond donors (Lipinski definition) is 1. The molecule has 0 spiro atoms. The van der Waals surface area contributed by atoms with E-state index in [2.05, 4.69) is 114 Å². The lowest BCUT2D eigenvalue weighted by Crippen LogP contribution is -1.86. The van der Waals surface area contributed by atoms with E-state index in [1.54, 1.807) is 0 Å². The smallest absolute Gasteiger partial charge is 0.0551 e. The first-order valence-corrected chi connectivity index (χ1v) is 9.97. The van der Waals surface area contributed by atoms with Crippen LogP contribution in [-0.2, 0) is 0 Å². The van der Waals surface area contributed by atoms with E-state index < -0.39 is 0 Å². The van der Waals surface area contributed by atoms with E-state index in [9.17, 15) is 0 Å². The van der Waals surface area contributed by atoms with Crippen molar-refractivity contribution < 1.29 is 0 Å². The predicted octanol–water partition coefficient (Wildman–Crippen LogP) is 7.81. The van der Waals surface area contributed by atoms with Crippen molar-refractivity contribution in [1.82, 2.24) is 4.98 Å². The molecule has 136 valence electrons. The van der Waals surface area contributed by atoms with Crippen LogP contribution in [0.25, 0.3) is 54.8 Å². The van der Waals surface area contributed by atoms with Crippen LogP contribution >= 0.6 is 0 Å². The molecule has 1 N–H and O–H groups in total. The van der Waals surface area contributed by atoms with Gasteiger partial charge >= 0.3 is 0 Å². The zero-order valence-electron chi connectivity index (χ0n) is 15.9. The fourth-order valence-electron chi connectivity index (χ4n) is 4.50. The van der Waals surface area contributed by atoms with Gasteiger partial charge in [0, 0.05) is 21.9 Å². The van der Waals surface area contributed by atoms with Crippen LogP contribution in [0.5, 0.6) is 0 Å². The number of aromatic amines is 1. The maximum Gasteiger partial charge on any atom is 0.0551 e. The van der Waals surface area contributed by atoms with Crippen molar-refractivity contribution in [1.29, 1.82) is 0 Å². The molecule has 0 amide bonds. The molecule has 29 heavy (non-hydrogen) atoms. The summed E-state index contributed by atoms with van der Waals surface area (Å²) in [6.07, 6.45) is 0. The van der Waals surface area contributed by atoms with Crippen molar-refractivity contribution in [2.75, 3.05) is 0 Å². The third kappa shape index (κ3) is 2.48. The van der Waals surface area contributed by atoms with Gasteiger partial charge in [-0.1, -0.05) is 103 Å². The zero-order valence-corrected chi connectivity index (χ0v) is 15.9. The Kier molecular flexibility index (Phi) is 3.54. The predicted molar refractivity (Wildman–Crippen MR) is 124 cm³/mol. The zero-order chi connectivity index (χ0) is 19.2. The second-order valence-electron chi connectivity index (χ2n) is 7.47. The molecule has 6 aromatic rings. The topological polar surface area (TPSA) is 15.8 Å². The summed E-state index contributed by atoms with van der Waals surface area (Å²) >= 11 is 0. The molecule has 1 aromatic heterocycles. The van der Waals surface area contributed by atoms with Crippen LogP contribution < -0.4 is 0 Å². The molecule has 0 saturated carbocycles. The van der Waals surface area contributed by atoms with Crippen molar-refractivity contribution in [2.24, 2.45) is 0 Å². The number of para-hydroxylation sites is 1. The SMILES string of the molecule is c1ccc(-c2ccc(-c3cccc4ccccc34)c3[nH]c4ccccc4c23)cc1. The minimum Gasteiger partial charge on any atom is -0.354 e. The summed E-state index contributed by atoms with van der Waals surface area (Å²) in [6, 6.07) is 39.0. The summed E-state index contributed by atoms with van der Waals surface area (Å²) in [6.45, 7) is 0. The van der Waals surface area contributed by atoms with Gasteiger partial charge in [0.1, 0.15) is 0 Å². The molecule has 1 nitrogen and oxygen atoms in total. The summed E-state index contributed by atoms with van der Waals surface area (Å²) < 4.78 is 0. The van der Waals surface area contributed by atoms with E-state index in [-0.39, 0.29) is 0 Å². The Morgan fingerprint density at radius 2 is 1.14 bits per heavy atom. The van der Waals surface area contributed by atoms with Gasteiger partial charge in [0.05, 0.1) is 5.52 Å².